The van der Waals surface area contributed by atoms with Crippen molar-refractivity contribution in [1.29, 1.82) is 0 Å². The number of aryl methyl sites for hydroxylation is 1. The number of hydrogen-bond donors (Lipinski definition) is 0. The van der Waals surface area contributed by atoms with Gasteiger partial charge in [0.15, 0.2) is 5.78 Å². The molecule has 0 spiro atoms. The predicted octanol–water partition coefficient (Wildman–Crippen LogP) is 6.69. The molecule has 1 saturated heterocycles. The normalized spacial score (nSPS) is 21.2. The molecule has 2 aromatic rings. The molecule has 1 heterocycles. The van der Waals surface area contributed by atoms with Crippen LogP contribution in [0.4, 0.5) is 13.2 Å². The Hall–Kier alpha value is -1.85. The lowest BCUT2D eigenvalue weighted by Gasteiger charge is -2.43. The number of piperidine rings is 1. The van der Waals surface area contributed by atoms with Gasteiger partial charge in [-0.15, -0.1) is 0 Å². The van der Waals surface area contributed by atoms with Crippen molar-refractivity contribution < 1.29 is 18.0 Å². The average Bonchev–Trinajstić information content (AvgIpc) is 2.73. The molecule has 6 heteroatoms. The van der Waals surface area contributed by atoms with Crippen molar-refractivity contribution in [3.63, 3.8) is 0 Å². The lowest BCUT2D eigenvalue weighted by molar-refractivity contribution is -0.137. The molecule has 0 amide bonds. The van der Waals surface area contributed by atoms with Crippen molar-refractivity contribution in [3.05, 3.63) is 70.2 Å². The van der Waals surface area contributed by atoms with Gasteiger partial charge in [0.05, 0.1) is 17.5 Å². The van der Waals surface area contributed by atoms with Crippen molar-refractivity contribution >= 4 is 17.4 Å². The van der Waals surface area contributed by atoms with E-state index in [9.17, 15) is 18.0 Å². The minimum atomic E-state index is -4.29. The molecule has 172 valence electrons. The maximum Gasteiger partial charge on any atom is 0.416 e. The zero-order chi connectivity index (χ0) is 22.8. The number of likely N-dealkylation sites (tertiary alicyclic amines) is 1. The van der Waals surface area contributed by atoms with Gasteiger partial charge in [0.2, 0.25) is 0 Å². The van der Waals surface area contributed by atoms with Gasteiger partial charge in [-0.1, -0.05) is 42.3 Å². The number of Topliss-reactive ketones (excluding diaryl/α,β-unsaturated/α-hetero) is 1. The van der Waals surface area contributed by atoms with Crippen LogP contribution < -0.4 is 0 Å². The van der Waals surface area contributed by atoms with Crippen LogP contribution in [0.3, 0.4) is 0 Å². The number of nitrogens with zero attached hydrogens (tertiary/aromatic N) is 1. The van der Waals surface area contributed by atoms with Crippen LogP contribution in [0, 0.1) is 5.92 Å². The van der Waals surface area contributed by atoms with Crippen LogP contribution in [0.5, 0.6) is 0 Å². The van der Waals surface area contributed by atoms with E-state index in [0.29, 0.717) is 23.3 Å². The first-order valence-corrected chi connectivity index (χ1v) is 11.8. The molecule has 0 aromatic heterocycles. The van der Waals surface area contributed by atoms with Gasteiger partial charge in [0.1, 0.15) is 0 Å². The second-order valence-corrected chi connectivity index (χ2v) is 9.78. The molecule has 0 bridgehead atoms. The average molecular weight is 464 g/mol. The third-order valence-electron chi connectivity index (χ3n) is 7.23. The highest BCUT2D eigenvalue weighted by Gasteiger charge is 2.45. The lowest BCUT2D eigenvalue weighted by Crippen LogP contribution is -2.49. The number of alkyl halides is 3. The Morgan fingerprint density at radius 1 is 1.03 bits per heavy atom. The van der Waals surface area contributed by atoms with Gasteiger partial charge in [-0.05, 0) is 86.4 Å². The molecule has 2 nitrogen and oxygen atoms in total. The van der Waals surface area contributed by atoms with Gasteiger partial charge in [0, 0.05) is 11.6 Å². The smallest absolute Gasteiger partial charge is 0.297 e. The Morgan fingerprint density at radius 2 is 1.72 bits per heavy atom. The third-order valence-corrected chi connectivity index (χ3v) is 7.48. The summed E-state index contributed by atoms with van der Waals surface area (Å²) in [5.41, 5.74) is 1.04. The summed E-state index contributed by atoms with van der Waals surface area (Å²) in [5.74, 6) is 0.765. The van der Waals surface area contributed by atoms with Crippen molar-refractivity contribution in [2.45, 2.75) is 56.5 Å². The monoisotopic (exact) mass is 463 g/mol. The molecule has 1 aliphatic carbocycles. The molecule has 32 heavy (non-hydrogen) atoms. The molecule has 1 saturated carbocycles. The number of ketones is 1. The quantitative estimate of drug-likeness (QED) is 0.455. The molecule has 1 atom stereocenters. The molecule has 1 unspecified atom stereocenters. The summed E-state index contributed by atoms with van der Waals surface area (Å²) in [4.78, 5) is 15.6. The summed E-state index contributed by atoms with van der Waals surface area (Å²) in [5, 5.41) is 0.683. The first-order valence-electron chi connectivity index (χ1n) is 11.4. The topological polar surface area (TPSA) is 20.3 Å². The second-order valence-electron chi connectivity index (χ2n) is 9.34. The van der Waals surface area contributed by atoms with E-state index in [-0.39, 0.29) is 5.41 Å². The van der Waals surface area contributed by atoms with Crippen LogP contribution in [0.15, 0.2) is 48.5 Å². The zero-order valence-electron chi connectivity index (χ0n) is 18.1. The van der Waals surface area contributed by atoms with Crippen LogP contribution in [0.25, 0.3) is 0 Å². The number of halogens is 4. The molecule has 2 fully saturated rings. The van der Waals surface area contributed by atoms with E-state index in [0.717, 1.165) is 81.3 Å². The van der Waals surface area contributed by atoms with Gasteiger partial charge in [0.25, 0.3) is 0 Å². The first kappa shape index (κ1) is 23.3. The molecule has 1 aliphatic heterocycles. The van der Waals surface area contributed by atoms with Crippen LogP contribution >= 0.6 is 11.6 Å². The van der Waals surface area contributed by atoms with E-state index in [1.54, 1.807) is 12.1 Å². The fraction of sp³-hybridized carbons (Fsp3) is 0.500. The number of benzene rings is 2. The van der Waals surface area contributed by atoms with E-state index < -0.39 is 11.7 Å². The van der Waals surface area contributed by atoms with E-state index >= 15 is 0 Å². The van der Waals surface area contributed by atoms with Crippen molar-refractivity contribution in [2.75, 3.05) is 19.6 Å². The largest absolute Gasteiger partial charge is 0.416 e. The van der Waals surface area contributed by atoms with Gasteiger partial charge in [-0.3, -0.25) is 9.69 Å². The Balaban J connectivity index is 1.32. The highest BCUT2D eigenvalue weighted by Crippen LogP contribution is 2.45. The van der Waals surface area contributed by atoms with Crippen molar-refractivity contribution in [1.82, 2.24) is 4.90 Å². The molecule has 0 radical (unpaired) electrons. The molecular formula is C26H29ClF3NO. The Labute approximate surface area is 192 Å². The van der Waals surface area contributed by atoms with Crippen LogP contribution in [-0.2, 0) is 22.8 Å². The highest BCUT2D eigenvalue weighted by atomic mass is 35.5. The second kappa shape index (κ2) is 9.56. The molecule has 0 N–H and O–H groups in total. The highest BCUT2D eigenvalue weighted by molar-refractivity contribution is 6.30. The van der Waals surface area contributed by atoms with Gasteiger partial charge < -0.3 is 0 Å². The first-order chi connectivity index (χ1) is 15.3. The maximum atomic E-state index is 13.3. The predicted molar refractivity (Wildman–Crippen MR) is 121 cm³/mol. The number of hydrogen-bond acceptors (Lipinski definition) is 2. The standard InChI is InChI=1S/C26H29ClF3NO/c27-23-12-10-21(11-13-23)25(14-2-15-25)24(32)18-31-16-1-3-20(17-31)5-4-19-6-8-22(9-7-19)26(28,29)30/h6-13,20H,1-5,14-18H2. The minimum absolute atomic E-state index is 0.300. The molecular weight excluding hydrogens is 435 g/mol. The maximum absolute atomic E-state index is 13.3. The van der Waals surface area contributed by atoms with Crippen LogP contribution in [0.1, 0.15) is 55.2 Å². The third kappa shape index (κ3) is 5.20. The Bertz CT molecular complexity index is 920. The van der Waals surface area contributed by atoms with Gasteiger partial charge >= 0.3 is 6.18 Å². The fourth-order valence-electron chi connectivity index (χ4n) is 5.14. The molecule has 4 rings (SSSR count). The summed E-state index contributed by atoms with van der Waals surface area (Å²) in [6, 6.07) is 13.2. The zero-order valence-corrected chi connectivity index (χ0v) is 18.9. The van der Waals surface area contributed by atoms with Crippen molar-refractivity contribution in [2.24, 2.45) is 5.92 Å². The number of rotatable bonds is 7. The SMILES string of the molecule is O=C(CN1CCCC(CCc2ccc(C(F)(F)F)cc2)C1)C1(c2ccc(Cl)cc2)CCC1. The van der Waals surface area contributed by atoms with E-state index in [1.165, 1.54) is 0 Å². The summed E-state index contributed by atoms with van der Waals surface area (Å²) < 4.78 is 38.2. The minimum Gasteiger partial charge on any atom is -0.297 e. The summed E-state index contributed by atoms with van der Waals surface area (Å²) in [6.45, 7) is 2.28. The number of carbonyl (C=O) groups is 1. The van der Waals surface area contributed by atoms with Gasteiger partial charge in [-0.2, -0.15) is 13.2 Å². The van der Waals surface area contributed by atoms with Crippen LogP contribution in [0.2, 0.25) is 5.02 Å². The number of carbonyl (C=O) groups excluding carboxylic acids is 1. The lowest BCUT2D eigenvalue weighted by atomic mass is 9.61. The Morgan fingerprint density at radius 3 is 2.31 bits per heavy atom. The van der Waals surface area contributed by atoms with E-state index in [1.807, 2.05) is 24.3 Å². The molecule has 2 aliphatic rings. The fourth-order valence-corrected chi connectivity index (χ4v) is 5.27. The Kier molecular flexibility index (Phi) is 6.97. The van der Waals surface area contributed by atoms with E-state index in [2.05, 4.69) is 4.90 Å². The summed E-state index contributed by atoms with van der Waals surface area (Å²) in [6.07, 6.45) is 2.43. The van der Waals surface area contributed by atoms with Crippen LogP contribution in [-0.4, -0.2) is 30.3 Å². The summed E-state index contributed by atoms with van der Waals surface area (Å²) in [7, 11) is 0. The summed E-state index contributed by atoms with van der Waals surface area (Å²) >= 11 is 6.03. The van der Waals surface area contributed by atoms with Crippen molar-refractivity contribution in [3.8, 4) is 0 Å². The van der Waals surface area contributed by atoms with E-state index in [4.69, 9.17) is 11.6 Å². The van der Waals surface area contributed by atoms with Gasteiger partial charge in [-0.25, -0.2) is 0 Å². The molecule has 2 aromatic carbocycles.